The van der Waals surface area contributed by atoms with E-state index in [2.05, 4.69) is 15.6 Å². The Hall–Kier alpha value is -4.24. The van der Waals surface area contributed by atoms with Crippen LogP contribution in [0.3, 0.4) is 0 Å². The largest absolute Gasteiger partial charge is 0.497 e. The molecule has 1 heterocycles. The molecule has 3 aromatic carbocycles. The Morgan fingerprint density at radius 2 is 1.74 bits per heavy atom. The average Bonchev–Trinajstić information content (AvgIpc) is 3.33. The van der Waals surface area contributed by atoms with Crippen molar-refractivity contribution in [2.75, 3.05) is 24.9 Å². The number of thiazole rings is 1. The van der Waals surface area contributed by atoms with Gasteiger partial charge >= 0.3 is 0 Å². The van der Waals surface area contributed by atoms with Gasteiger partial charge < -0.3 is 14.8 Å². The molecule has 0 fully saturated rings. The number of anilines is 2. The summed E-state index contributed by atoms with van der Waals surface area (Å²) in [5.41, 5.74) is 2.74. The molecule has 0 aliphatic heterocycles. The van der Waals surface area contributed by atoms with E-state index in [1.54, 1.807) is 57.5 Å². The van der Waals surface area contributed by atoms with Crippen molar-refractivity contribution in [1.29, 1.82) is 0 Å². The number of methoxy groups -OCH3 is 2. The molecule has 178 valence electrons. The van der Waals surface area contributed by atoms with Gasteiger partial charge in [-0.2, -0.15) is 0 Å². The lowest BCUT2D eigenvalue weighted by Crippen LogP contribution is -2.16. The van der Waals surface area contributed by atoms with Gasteiger partial charge in [-0.25, -0.2) is 9.37 Å². The third kappa shape index (κ3) is 5.30. The highest BCUT2D eigenvalue weighted by molar-refractivity contribution is 7.14. The topological polar surface area (TPSA) is 89.5 Å². The Kier molecular flexibility index (Phi) is 7.07. The van der Waals surface area contributed by atoms with Crippen molar-refractivity contribution in [2.24, 2.45) is 0 Å². The molecule has 2 amide bonds. The molecule has 9 heteroatoms. The summed E-state index contributed by atoms with van der Waals surface area (Å²) >= 11 is 1.27. The van der Waals surface area contributed by atoms with Gasteiger partial charge in [-0.15, -0.1) is 11.3 Å². The minimum Gasteiger partial charge on any atom is -0.497 e. The predicted molar refractivity (Wildman–Crippen MR) is 134 cm³/mol. The molecule has 0 spiro atoms. The highest BCUT2D eigenvalue weighted by Gasteiger charge is 2.16. The maximum absolute atomic E-state index is 14.0. The second-order valence-corrected chi connectivity index (χ2v) is 8.38. The second-order valence-electron chi connectivity index (χ2n) is 7.52. The van der Waals surface area contributed by atoms with Crippen molar-refractivity contribution in [3.63, 3.8) is 0 Å². The van der Waals surface area contributed by atoms with E-state index in [1.807, 2.05) is 11.4 Å². The van der Waals surface area contributed by atoms with Crippen LogP contribution in [0.15, 0.2) is 66.0 Å². The first-order valence-corrected chi connectivity index (χ1v) is 11.4. The Morgan fingerprint density at radius 1 is 0.943 bits per heavy atom. The van der Waals surface area contributed by atoms with Gasteiger partial charge in [0.05, 0.1) is 25.5 Å². The minimum atomic E-state index is -0.621. The number of ether oxygens (including phenoxy) is 2. The monoisotopic (exact) mass is 491 g/mol. The molecule has 0 aliphatic carbocycles. The molecule has 0 saturated heterocycles. The number of halogens is 1. The normalized spacial score (nSPS) is 10.5. The van der Waals surface area contributed by atoms with Gasteiger partial charge in [-0.05, 0) is 55.0 Å². The number of nitrogens with zero attached hydrogens (tertiary/aromatic N) is 1. The van der Waals surface area contributed by atoms with Crippen LogP contribution in [-0.2, 0) is 0 Å². The molecule has 0 saturated carbocycles. The number of hydrogen-bond acceptors (Lipinski definition) is 6. The van der Waals surface area contributed by atoms with E-state index in [1.165, 1.54) is 29.5 Å². The number of nitrogens with one attached hydrogen (secondary N) is 2. The first-order valence-electron chi connectivity index (χ1n) is 10.6. The Morgan fingerprint density at radius 3 is 2.49 bits per heavy atom. The molecule has 7 nitrogen and oxygen atoms in total. The molecule has 35 heavy (non-hydrogen) atoms. The van der Waals surface area contributed by atoms with Crippen molar-refractivity contribution in [3.05, 3.63) is 88.6 Å². The van der Waals surface area contributed by atoms with Gasteiger partial charge in [0.25, 0.3) is 11.8 Å². The summed E-state index contributed by atoms with van der Waals surface area (Å²) in [6.07, 6.45) is 0. The third-order valence-corrected chi connectivity index (χ3v) is 6.03. The van der Waals surface area contributed by atoms with E-state index >= 15 is 0 Å². The van der Waals surface area contributed by atoms with E-state index in [-0.39, 0.29) is 5.56 Å². The molecular weight excluding hydrogens is 469 g/mol. The van der Waals surface area contributed by atoms with E-state index in [4.69, 9.17) is 9.47 Å². The fraction of sp³-hybridized carbons (Fsp3) is 0.115. The molecule has 4 aromatic rings. The summed E-state index contributed by atoms with van der Waals surface area (Å²) in [7, 11) is 3.15. The lowest BCUT2D eigenvalue weighted by molar-refractivity contribution is 0.101. The number of rotatable bonds is 7. The van der Waals surface area contributed by atoms with Crippen LogP contribution in [0.5, 0.6) is 11.5 Å². The quantitative estimate of drug-likeness (QED) is 0.342. The Labute approximate surface area is 205 Å². The van der Waals surface area contributed by atoms with Gasteiger partial charge in [-0.1, -0.05) is 18.2 Å². The summed E-state index contributed by atoms with van der Waals surface area (Å²) in [6, 6.07) is 16.0. The van der Waals surface area contributed by atoms with E-state index in [0.29, 0.717) is 33.6 Å². The zero-order valence-electron chi connectivity index (χ0n) is 19.2. The second kappa shape index (κ2) is 10.4. The number of benzene rings is 3. The van der Waals surface area contributed by atoms with Gasteiger partial charge in [0.15, 0.2) is 5.13 Å². The molecule has 0 unspecified atom stereocenters. The molecule has 1 aromatic heterocycles. The molecule has 4 rings (SSSR count). The lowest BCUT2D eigenvalue weighted by Gasteiger charge is -2.11. The van der Waals surface area contributed by atoms with Crippen LogP contribution in [0, 0.1) is 12.7 Å². The zero-order chi connectivity index (χ0) is 24.9. The Bertz CT molecular complexity index is 1400. The molecule has 0 bridgehead atoms. The third-order valence-electron chi connectivity index (χ3n) is 5.27. The van der Waals surface area contributed by atoms with Crippen molar-refractivity contribution < 1.29 is 23.5 Å². The lowest BCUT2D eigenvalue weighted by atomic mass is 10.1. The fourth-order valence-electron chi connectivity index (χ4n) is 3.37. The average molecular weight is 492 g/mol. The molecule has 0 radical (unpaired) electrons. The Balaban J connectivity index is 1.52. The van der Waals surface area contributed by atoms with Crippen LogP contribution in [0.2, 0.25) is 0 Å². The highest BCUT2D eigenvalue weighted by Crippen LogP contribution is 2.35. The van der Waals surface area contributed by atoms with Crippen molar-refractivity contribution in [2.45, 2.75) is 6.92 Å². The van der Waals surface area contributed by atoms with Crippen molar-refractivity contribution >= 4 is 34.0 Å². The summed E-state index contributed by atoms with van der Waals surface area (Å²) in [4.78, 5) is 29.9. The summed E-state index contributed by atoms with van der Waals surface area (Å²) < 4.78 is 24.7. The van der Waals surface area contributed by atoms with E-state index in [9.17, 15) is 14.0 Å². The summed E-state index contributed by atoms with van der Waals surface area (Å²) in [6.45, 7) is 1.78. The van der Waals surface area contributed by atoms with Crippen LogP contribution in [0.4, 0.5) is 15.2 Å². The van der Waals surface area contributed by atoms with Crippen LogP contribution in [-0.4, -0.2) is 31.0 Å². The molecule has 2 N–H and O–H groups in total. The summed E-state index contributed by atoms with van der Waals surface area (Å²) in [5.74, 6) is -0.332. The van der Waals surface area contributed by atoms with Crippen molar-refractivity contribution in [3.8, 4) is 22.8 Å². The zero-order valence-corrected chi connectivity index (χ0v) is 20.0. The van der Waals surface area contributed by atoms with Gasteiger partial charge in [0.1, 0.15) is 17.3 Å². The van der Waals surface area contributed by atoms with E-state index < -0.39 is 17.6 Å². The smallest absolute Gasteiger partial charge is 0.258 e. The first-order chi connectivity index (χ1) is 16.9. The van der Waals surface area contributed by atoms with Crippen LogP contribution < -0.4 is 20.1 Å². The number of aromatic nitrogens is 1. The van der Waals surface area contributed by atoms with Gasteiger partial charge in [0.2, 0.25) is 0 Å². The number of aryl methyl sites for hydroxylation is 1. The fourth-order valence-corrected chi connectivity index (χ4v) is 4.08. The molecule has 0 aliphatic rings. The predicted octanol–water partition coefficient (Wildman–Crippen LogP) is 5.78. The number of carbonyl (C=O) groups excluding carboxylic acids is 2. The number of carbonyl (C=O) groups is 2. The maximum Gasteiger partial charge on any atom is 0.258 e. The molecular formula is C26H22FN3O4S. The standard InChI is InChI=1S/C26H22FN3O4S/c1-15-8-9-16(12-21(15)28-25(32)18-6-4-5-7-20(18)27)24(31)30-26-29-22(14-35-26)19-13-17(33-2)10-11-23(19)34-3/h4-14H,1-3H3,(H,28,32)(H,29,30,31). The van der Waals surface area contributed by atoms with Gasteiger partial charge in [-0.3, -0.25) is 14.9 Å². The first kappa shape index (κ1) is 23.9. The van der Waals surface area contributed by atoms with E-state index in [0.717, 1.165) is 11.1 Å². The minimum absolute atomic E-state index is 0.0787. The number of hydrogen-bond donors (Lipinski definition) is 2. The van der Waals surface area contributed by atoms with Crippen LogP contribution >= 0.6 is 11.3 Å². The summed E-state index contributed by atoms with van der Waals surface area (Å²) in [5, 5.41) is 7.66. The maximum atomic E-state index is 14.0. The SMILES string of the molecule is COc1ccc(OC)c(-c2csc(NC(=O)c3ccc(C)c(NC(=O)c4ccccc4F)c3)n2)c1. The van der Waals surface area contributed by atoms with Gasteiger partial charge in [0, 0.05) is 22.2 Å². The van der Waals surface area contributed by atoms with Crippen molar-refractivity contribution in [1.82, 2.24) is 4.98 Å². The number of amides is 2. The molecule has 0 atom stereocenters. The highest BCUT2D eigenvalue weighted by atomic mass is 32.1. The van der Waals surface area contributed by atoms with Crippen LogP contribution in [0.25, 0.3) is 11.3 Å². The van der Waals surface area contributed by atoms with Crippen LogP contribution in [0.1, 0.15) is 26.3 Å².